The van der Waals surface area contributed by atoms with Gasteiger partial charge >= 0.3 is 0 Å². The molecule has 0 fully saturated rings. The molecule has 3 aromatic rings. The molecule has 1 amide bonds. The Hall–Kier alpha value is -3.67. The van der Waals surface area contributed by atoms with Crippen molar-refractivity contribution in [3.63, 3.8) is 0 Å². The smallest absolute Gasteiger partial charge is 0.265 e. The molecule has 0 aliphatic rings. The number of aryl methyl sites for hydroxylation is 2. The number of phenolic OH excluding ortho intramolecular Hbond substituents is 1. The van der Waals surface area contributed by atoms with Gasteiger partial charge < -0.3 is 25.2 Å². The monoisotopic (exact) mass is 448 g/mol. The fourth-order valence-electron chi connectivity index (χ4n) is 3.41. The fourth-order valence-corrected chi connectivity index (χ4v) is 3.41. The highest BCUT2D eigenvalue weighted by Crippen LogP contribution is 2.28. The van der Waals surface area contributed by atoms with Gasteiger partial charge in [-0.1, -0.05) is 49.2 Å². The molecule has 0 aliphatic carbocycles. The molecule has 0 saturated heterocycles. The molecule has 0 aliphatic heterocycles. The number of benzene rings is 3. The van der Waals surface area contributed by atoms with Crippen molar-refractivity contribution in [2.45, 2.75) is 46.1 Å². The van der Waals surface area contributed by atoms with Crippen molar-refractivity contribution in [2.75, 3.05) is 17.4 Å². The van der Waals surface area contributed by atoms with Crippen LogP contribution in [0.25, 0.3) is 0 Å². The zero-order chi connectivity index (χ0) is 23.6. The molecule has 0 aromatic heterocycles. The summed E-state index contributed by atoms with van der Waals surface area (Å²) in [6, 6.07) is 20.3. The molecular formula is C27H32N2O4. The van der Waals surface area contributed by atoms with E-state index in [-0.39, 0.29) is 18.4 Å². The number of anilines is 2. The van der Waals surface area contributed by atoms with Crippen LogP contribution in [0.1, 0.15) is 37.3 Å². The molecule has 0 spiro atoms. The zero-order valence-electron chi connectivity index (χ0n) is 19.4. The predicted octanol–water partition coefficient (Wildman–Crippen LogP) is 6.03. The SMILES string of the molecule is CCCCC(Oc1ccc(C)cc1C)C(=O)Nc1ccc(NCOc2ccccc2)c(O)c1. The van der Waals surface area contributed by atoms with E-state index in [1.165, 1.54) is 6.07 Å². The summed E-state index contributed by atoms with van der Waals surface area (Å²) in [5.74, 6) is 1.22. The summed E-state index contributed by atoms with van der Waals surface area (Å²) in [7, 11) is 0. The van der Waals surface area contributed by atoms with Crippen LogP contribution in [0.4, 0.5) is 11.4 Å². The highest BCUT2D eigenvalue weighted by atomic mass is 16.5. The lowest BCUT2D eigenvalue weighted by Crippen LogP contribution is -2.33. The molecule has 6 nitrogen and oxygen atoms in total. The topological polar surface area (TPSA) is 79.8 Å². The number of nitrogens with one attached hydrogen (secondary N) is 2. The number of amides is 1. The van der Waals surface area contributed by atoms with E-state index >= 15 is 0 Å². The first kappa shape index (κ1) is 24.0. The lowest BCUT2D eigenvalue weighted by atomic mass is 10.1. The van der Waals surface area contributed by atoms with Crippen LogP contribution in [-0.4, -0.2) is 23.8 Å². The second-order valence-electron chi connectivity index (χ2n) is 8.02. The predicted molar refractivity (Wildman–Crippen MR) is 132 cm³/mol. The van der Waals surface area contributed by atoms with Crippen LogP contribution >= 0.6 is 0 Å². The Balaban J connectivity index is 1.61. The third kappa shape index (κ3) is 7.17. The average Bonchev–Trinajstić information content (AvgIpc) is 2.80. The fraction of sp³-hybridized carbons (Fsp3) is 0.296. The van der Waals surface area contributed by atoms with Gasteiger partial charge in [-0.25, -0.2) is 0 Å². The van der Waals surface area contributed by atoms with Gasteiger partial charge in [-0.2, -0.15) is 0 Å². The summed E-state index contributed by atoms with van der Waals surface area (Å²) in [6.45, 7) is 6.28. The van der Waals surface area contributed by atoms with Crippen molar-refractivity contribution >= 4 is 17.3 Å². The molecule has 3 rings (SSSR count). The number of carbonyl (C=O) groups is 1. The number of unbranched alkanes of at least 4 members (excludes halogenated alkanes) is 1. The number of hydrogen-bond donors (Lipinski definition) is 3. The lowest BCUT2D eigenvalue weighted by Gasteiger charge is -2.20. The summed E-state index contributed by atoms with van der Waals surface area (Å²) in [4.78, 5) is 13.0. The average molecular weight is 449 g/mol. The van der Waals surface area contributed by atoms with E-state index in [1.54, 1.807) is 12.1 Å². The summed E-state index contributed by atoms with van der Waals surface area (Å²) in [5, 5.41) is 16.3. The van der Waals surface area contributed by atoms with Crippen LogP contribution in [-0.2, 0) is 4.79 Å². The first-order chi connectivity index (χ1) is 16.0. The van der Waals surface area contributed by atoms with Gasteiger partial charge in [0.1, 0.15) is 17.2 Å². The number of ether oxygens (including phenoxy) is 2. The molecule has 33 heavy (non-hydrogen) atoms. The summed E-state index contributed by atoms with van der Waals surface area (Å²) in [6.07, 6.45) is 1.83. The molecule has 0 radical (unpaired) electrons. The van der Waals surface area contributed by atoms with Crippen LogP contribution in [0.2, 0.25) is 0 Å². The van der Waals surface area contributed by atoms with E-state index in [1.807, 2.05) is 62.4 Å². The Kier molecular flexibility index (Phi) is 8.58. The highest BCUT2D eigenvalue weighted by molar-refractivity contribution is 5.94. The van der Waals surface area contributed by atoms with Gasteiger partial charge in [0.15, 0.2) is 12.8 Å². The maximum absolute atomic E-state index is 13.0. The van der Waals surface area contributed by atoms with Gasteiger partial charge in [0.25, 0.3) is 5.91 Å². The van der Waals surface area contributed by atoms with Crippen molar-refractivity contribution in [3.05, 3.63) is 77.9 Å². The van der Waals surface area contributed by atoms with Crippen molar-refractivity contribution in [3.8, 4) is 17.2 Å². The number of phenols is 1. The van der Waals surface area contributed by atoms with Crippen LogP contribution < -0.4 is 20.1 Å². The Bertz CT molecular complexity index is 1050. The van der Waals surface area contributed by atoms with E-state index < -0.39 is 6.10 Å². The molecule has 0 heterocycles. The van der Waals surface area contributed by atoms with Crippen molar-refractivity contribution < 1.29 is 19.4 Å². The molecule has 3 N–H and O–H groups in total. The normalized spacial score (nSPS) is 11.5. The Morgan fingerprint density at radius 3 is 2.52 bits per heavy atom. The maximum atomic E-state index is 13.0. The van der Waals surface area contributed by atoms with Crippen LogP contribution in [0.15, 0.2) is 66.7 Å². The second kappa shape index (κ2) is 11.8. The Labute approximate surface area is 195 Å². The number of rotatable bonds is 11. The van der Waals surface area contributed by atoms with E-state index in [2.05, 4.69) is 17.6 Å². The third-order valence-electron chi connectivity index (χ3n) is 5.22. The van der Waals surface area contributed by atoms with Gasteiger partial charge in [-0.15, -0.1) is 0 Å². The molecule has 1 atom stereocenters. The van der Waals surface area contributed by atoms with Gasteiger partial charge in [-0.3, -0.25) is 4.79 Å². The minimum Gasteiger partial charge on any atom is -0.506 e. The van der Waals surface area contributed by atoms with Gasteiger partial charge in [0.2, 0.25) is 0 Å². The molecule has 0 saturated carbocycles. The lowest BCUT2D eigenvalue weighted by molar-refractivity contribution is -0.123. The number of para-hydroxylation sites is 1. The highest BCUT2D eigenvalue weighted by Gasteiger charge is 2.21. The quantitative estimate of drug-likeness (QED) is 0.246. The van der Waals surface area contributed by atoms with Gasteiger partial charge in [0.05, 0.1) is 5.69 Å². The Morgan fingerprint density at radius 1 is 1.03 bits per heavy atom. The number of carbonyl (C=O) groups excluding carboxylic acids is 1. The van der Waals surface area contributed by atoms with Crippen molar-refractivity contribution in [1.29, 1.82) is 0 Å². The minimum atomic E-state index is -0.620. The van der Waals surface area contributed by atoms with Gasteiger partial charge in [0, 0.05) is 11.8 Å². The first-order valence-corrected chi connectivity index (χ1v) is 11.3. The number of hydrogen-bond acceptors (Lipinski definition) is 5. The van der Waals surface area contributed by atoms with E-state index in [4.69, 9.17) is 9.47 Å². The van der Waals surface area contributed by atoms with Gasteiger partial charge in [-0.05, 0) is 62.6 Å². The summed E-state index contributed by atoms with van der Waals surface area (Å²) in [5.41, 5.74) is 3.15. The third-order valence-corrected chi connectivity index (χ3v) is 5.22. The zero-order valence-corrected chi connectivity index (χ0v) is 19.4. The molecule has 0 bridgehead atoms. The van der Waals surface area contributed by atoms with E-state index in [0.717, 1.165) is 29.7 Å². The van der Waals surface area contributed by atoms with Crippen molar-refractivity contribution in [2.24, 2.45) is 0 Å². The standard InChI is InChI=1S/C27H32N2O4/c1-4-5-11-26(33-25-15-12-19(2)16-20(25)3)27(31)29-21-13-14-23(24(30)17-21)28-18-32-22-9-7-6-8-10-22/h6-10,12-17,26,28,30H,4-5,11,18H2,1-3H3,(H,29,31). The van der Waals surface area contributed by atoms with E-state index in [9.17, 15) is 9.90 Å². The second-order valence-corrected chi connectivity index (χ2v) is 8.02. The molecular weight excluding hydrogens is 416 g/mol. The van der Waals surface area contributed by atoms with E-state index in [0.29, 0.717) is 23.5 Å². The molecule has 6 heteroatoms. The largest absolute Gasteiger partial charge is 0.506 e. The summed E-state index contributed by atoms with van der Waals surface area (Å²) < 4.78 is 11.7. The van der Waals surface area contributed by atoms with Crippen LogP contribution in [0.5, 0.6) is 17.2 Å². The Morgan fingerprint density at radius 2 is 1.82 bits per heavy atom. The molecule has 3 aromatic carbocycles. The first-order valence-electron chi connectivity index (χ1n) is 11.3. The number of aromatic hydroxyl groups is 1. The van der Waals surface area contributed by atoms with Crippen LogP contribution in [0, 0.1) is 13.8 Å². The summed E-state index contributed by atoms with van der Waals surface area (Å²) >= 11 is 0. The van der Waals surface area contributed by atoms with Crippen molar-refractivity contribution in [1.82, 2.24) is 0 Å². The van der Waals surface area contributed by atoms with Crippen LogP contribution in [0.3, 0.4) is 0 Å². The molecule has 174 valence electrons. The maximum Gasteiger partial charge on any atom is 0.265 e. The molecule has 1 unspecified atom stereocenters. The minimum absolute atomic E-state index is 0.0184.